The Labute approximate surface area is 140 Å². The van der Waals surface area contributed by atoms with Crippen molar-refractivity contribution in [3.63, 3.8) is 0 Å². The smallest absolute Gasteiger partial charge is 0.327 e. The first-order valence-corrected chi connectivity index (χ1v) is 9.16. The zero-order valence-electron chi connectivity index (χ0n) is 12.7. The molecule has 0 spiro atoms. The average molecular weight is 349 g/mol. The summed E-state index contributed by atoms with van der Waals surface area (Å²) in [5.41, 5.74) is 3.35. The normalized spacial score (nSPS) is 12.5. The van der Waals surface area contributed by atoms with Crippen LogP contribution in [0.3, 0.4) is 0 Å². The lowest BCUT2D eigenvalue weighted by Crippen LogP contribution is -2.16. The Bertz CT molecular complexity index is 826. The van der Waals surface area contributed by atoms with Crippen molar-refractivity contribution in [2.45, 2.75) is 31.5 Å². The zero-order chi connectivity index (χ0) is 16.4. The fourth-order valence-corrected chi connectivity index (χ4v) is 3.99. The number of aromatic nitrogens is 3. The number of fused-ring (bicyclic) bond motifs is 1. The van der Waals surface area contributed by atoms with E-state index in [1.54, 1.807) is 10.8 Å². The van der Waals surface area contributed by atoms with Gasteiger partial charge in [0.1, 0.15) is 5.52 Å². The fraction of sp³-hybridized carbons (Fsp3) is 0.267. The number of hydrogen-bond acceptors (Lipinski definition) is 6. The molecule has 0 aliphatic heterocycles. The molecule has 0 fully saturated rings. The van der Waals surface area contributed by atoms with Crippen LogP contribution in [0.25, 0.3) is 11.0 Å². The van der Waals surface area contributed by atoms with Crippen molar-refractivity contribution in [3.8, 4) is 0 Å². The highest BCUT2D eigenvalue weighted by molar-refractivity contribution is 7.90. The fourth-order valence-electron chi connectivity index (χ4n) is 2.07. The van der Waals surface area contributed by atoms with Crippen LogP contribution in [0.1, 0.15) is 18.2 Å². The molecule has 6 nitrogen and oxygen atoms in total. The molecule has 3 heterocycles. The van der Waals surface area contributed by atoms with Gasteiger partial charge in [0.15, 0.2) is 12.5 Å². The number of rotatable bonds is 5. The number of aryl methyl sites for hydroxylation is 1. The van der Waals surface area contributed by atoms with Crippen molar-refractivity contribution in [2.75, 3.05) is 0 Å². The average Bonchev–Trinajstić information content (AvgIpc) is 3.08. The van der Waals surface area contributed by atoms with E-state index in [1.807, 2.05) is 29.8 Å². The lowest BCUT2D eigenvalue weighted by molar-refractivity contribution is -0.144. The van der Waals surface area contributed by atoms with E-state index in [-0.39, 0.29) is 18.5 Å². The maximum Gasteiger partial charge on any atom is 0.327 e. The van der Waals surface area contributed by atoms with E-state index in [0.29, 0.717) is 5.16 Å². The highest BCUT2D eigenvalue weighted by atomic mass is 32.2. The summed E-state index contributed by atoms with van der Waals surface area (Å²) in [6.07, 6.45) is 1.75. The molecule has 23 heavy (non-hydrogen) atoms. The number of esters is 1. The summed E-state index contributed by atoms with van der Waals surface area (Å²) in [5, 5.41) is 4.17. The molecule has 8 heteroatoms. The summed E-state index contributed by atoms with van der Waals surface area (Å²) in [4.78, 5) is 19.8. The first-order chi connectivity index (χ1) is 11.0. The zero-order valence-corrected chi connectivity index (χ0v) is 14.3. The van der Waals surface area contributed by atoms with E-state index in [9.17, 15) is 9.35 Å². The summed E-state index contributed by atoms with van der Waals surface area (Å²) in [5.74, 6) is -0.123. The minimum atomic E-state index is -1.38. The molecule has 3 rings (SSSR count). The van der Waals surface area contributed by atoms with Crippen molar-refractivity contribution in [1.82, 2.24) is 14.5 Å². The maximum atomic E-state index is 12.7. The van der Waals surface area contributed by atoms with Gasteiger partial charge in [-0.25, -0.2) is 4.57 Å². The predicted octanol–water partition coefficient (Wildman–Crippen LogP) is 2.63. The lowest BCUT2D eigenvalue weighted by Gasteiger charge is -2.12. The first kappa shape index (κ1) is 16.0. The van der Waals surface area contributed by atoms with Crippen LogP contribution in [0.5, 0.6) is 0 Å². The van der Waals surface area contributed by atoms with Crippen LogP contribution in [0, 0.1) is 6.92 Å². The summed E-state index contributed by atoms with van der Waals surface area (Å²) in [6.45, 7) is 3.30. The second kappa shape index (κ2) is 6.69. The summed E-state index contributed by atoms with van der Waals surface area (Å²) < 4.78 is 19.4. The lowest BCUT2D eigenvalue weighted by atomic mass is 10.3. The van der Waals surface area contributed by atoms with E-state index < -0.39 is 11.2 Å². The number of thiophene rings is 1. The van der Waals surface area contributed by atoms with E-state index in [0.717, 1.165) is 22.3 Å². The predicted molar refractivity (Wildman–Crippen MR) is 88.5 cm³/mol. The molecule has 0 saturated heterocycles. The van der Waals surface area contributed by atoms with Gasteiger partial charge in [-0.1, -0.05) is 6.07 Å². The quantitative estimate of drug-likeness (QED) is 0.522. The highest BCUT2D eigenvalue weighted by Gasteiger charge is 2.24. The Kier molecular flexibility index (Phi) is 4.65. The molecular weight excluding hydrogens is 334 g/mol. The van der Waals surface area contributed by atoms with Gasteiger partial charge in [-0.05, 0) is 18.6 Å². The first-order valence-electron chi connectivity index (χ1n) is 6.90. The van der Waals surface area contributed by atoms with Crippen molar-refractivity contribution in [2.24, 2.45) is 0 Å². The molecule has 120 valence electrons. The van der Waals surface area contributed by atoms with Gasteiger partial charge in [0.25, 0.3) is 0 Å². The van der Waals surface area contributed by atoms with Gasteiger partial charge in [-0.3, -0.25) is 9.78 Å². The molecule has 0 aromatic carbocycles. The standard InChI is InChI=1S/C15H15N3O3S2/c1-10-3-4-12(16-5-10)8-23(20)15-17-13-6-22-7-14(13)18(15)9-21-11(2)19/h3-7H,8-9H2,1-2H3. The molecule has 3 aromatic rings. The molecule has 0 amide bonds. The van der Waals surface area contributed by atoms with Crippen LogP contribution < -0.4 is 0 Å². The number of carbonyl (C=O) groups excluding carboxylic acids is 1. The molecule has 0 aliphatic carbocycles. The van der Waals surface area contributed by atoms with E-state index >= 15 is 0 Å². The van der Waals surface area contributed by atoms with Crippen LogP contribution in [-0.2, 0) is 33.2 Å². The molecule has 0 aliphatic rings. The number of pyridine rings is 1. The van der Waals surface area contributed by atoms with Gasteiger partial charge in [0.05, 0.1) is 11.2 Å². The second-order valence-electron chi connectivity index (χ2n) is 5.05. The van der Waals surface area contributed by atoms with Crippen LogP contribution in [0.4, 0.5) is 0 Å². The Morgan fingerprint density at radius 2 is 2.26 bits per heavy atom. The van der Waals surface area contributed by atoms with Crippen LogP contribution >= 0.6 is 11.3 Å². The van der Waals surface area contributed by atoms with E-state index in [2.05, 4.69) is 9.97 Å². The second-order valence-corrected chi connectivity index (χ2v) is 7.13. The summed E-state index contributed by atoms with van der Waals surface area (Å²) in [6, 6.07) is 3.79. The molecule has 1 atom stereocenters. The van der Waals surface area contributed by atoms with Crippen molar-refractivity contribution in [1.29, 1.82) is 0 Å². The van der Waals surface area contributed by atoms with Crippen LogP contribution in [0.2, 0.25) is 0 Å². The van der Waals surface area contributed by atoms with Crippen LogP contribution in [-0.4, -0.2) is 25.1 Å². The highest BCUT2D eigenvalue weighted by Crippen LogP contribution is 2.25. The molecule has 0 saturated carbocycles. The Morgan fingerprint density at radius 1 is 1.43 bits per heavy atom. The third-order valence-corrected chi connectivity index (χ3v) is 5.21. The van der Waals surface area contributed by atoms with Gasteiger partial charge in [-0.15, -0.1) is 11.3 Å². The van der Waals surface area contributed by atoms with Gasteiger partial charge in [0, 0.05) is 35.1 Å². The number of imidazole rings is 1. The largest absolute Gasteiger partial charge is 0.609 e. The molecule has 1 unspecified atom stereocenters. The summed E-state index contributed by atoms with van der Waals surface area (Å²) >= 11 is 0.123. The van der Waals surface area contributed by atoms with Crippen molar-refractivity contribution in [3.05, 3.63) is 40.3 Å². The third kappa shape index (κ3) is 3.54. The summed E-state index contributed by atoms with van der Waals surface area (Å²) in [7, 11) is 0. The van der Waals surface area contributed by atoms with Crippen LogP contribution in [0.15, 0.2) is 34.2 Å². The monoisotopic (exact) mass is 349 g/mol. The SMILES string of the molecule is CC(=O)OCn1c([S+]([O-])Cc2ccc(C)cn2)nc2cscc21. The molecule has 3 aromatic heterocycles. The van der Waals surface area contributed by atoms with Gasteiger partial charge in [0.2, 0.25) is 0 Å². The minimum absolute atomic E-state index is 0.00493. The third-order valence-electron chi connectivity index (χ3n) is 3.21. The Morgan fingerprint density at radius 3 is 2.96 bits per heavy atom. The van der Waals surface area contributed by atoms with E-state index in [1.165, 1.54) is 18.3 Å². The Hall–Kier alpha value is -1.90. The Balaban J connectivity index is 1.87. The molecule has 0 radical (unpaired) electrons. The number of nitrogens with zero attached hydrogens (tertiary/aromatic N) is 3. The van der Waals surface area contributed by atoms with Gasteiger partial charge in [-0.2, -0.15) is 4.98 Å². The molecular formula is C15H15N3O3S2. The van der Waals surface area contributed by atoms with Gasteiger partial charge < -0.3 is 9.29 Å². The number of hydrogen-bond donors (Lipinski definition) is 0. The number of carbonyl (C=O) groups is 1. The van der Waals surface area contributed by atoms with Crippen molar-refractivity contribution < 1.29 is 14.1 Å². The topological polar surface area (TPSA) is 80.1 Å². The maximum absolute atomic E-state index is 12.7. The number of ether oxygens (including phenoxy) is 1. The minimum Gasteiger partial charge on any atom is -0.609 e. The van der Waals surface area contributed by atoms with Gasteiger partial charge >= 0.3 is 11.1 Å². The van der Waals surface area contributed by atoms with Crippen molar-refractivity contribution >= 4 is 39.5 Å². The molecule has 0 N–H and O–H groups in total. The molecule has 0 bridgehead atoms. The van der Waals surface area contributed by atoms with E-state index in [4.69, 9.17) is 4.74 Å².